The number of fused-ring (bicyclic) bond motifs is 1. The van der Waals surface area contributed by atoms with Crippen LogP contribution in [0, 0.1) is 6.92 Å². The Morgan fingerprint density at radius 3 is 2.30 bits per heavy atom. The van der Waals surface area contributed by atoms with Gasteiger partial charge in [-0.25, -0.2) is 0 Å². The first-order valence-electron chi connectivity index (χ1n) is 7.81. The van der Waals surface area contributed by atoms with Crippen LogP contribution in [0.1, 0.15) is 11.1 Å². The van der Waals surface area contributed by atoms with E-state index in [0.717, 1.165) is 17.0 Å². The molecule has 23 heavy (non-hydrogen) atoms. The van der Waals surface area contributed by atoms with Crippen molar-refractivity contribution >= 4 is 11.9 Å². The van der Waals surface area contributed by atoms with Gasteiger partial charge < -0.3 is 4.74 Å². The second-order valence-electron chi connectivity index (χ2n) is 5.78. The molecule has 4 rings (SSSR count). The number of aryl methyl sites for hydroxylation is 1. The van der Waals surface area contributed by atoms with Gasteiger partial charge in [-0.2, -0.15) is 4.58 Å². The first-order valence-corrected chi connectivity index (χ1v) is 7.81. The fourth-order valence-electron chi connectivity index (χ4n) is 2.94. The Morgan fingerprint density at radius 1 is 0.783 bits per heavy atom. The van der Waals surface area contributed by atoms with Crippen molar-refractivity contribution in [1.29, 1.82) is 0 Å². The summed E-state index contributed by atoms with van der Waals surface area (Å²) in [6.45, 7) is 2.62. The normalized spacial score (nSPS) is 13.0. The van der Waals surface area contributed by atoms with Crippen molar-refractivity contribution in [2.24, 2.45) is 0 Å². The van der Waals surface area contributed by atoms with E-state index in [1.54, 1.807) is 0 Å². The lowest BCUT2D eigenvalue weighted by atomic mass is 10.1. The topological polar surface area (TPSA) is 12.2 Å². The van der Waals surface area contributed by atoms with Crippen molar-refractivity contribution in [3.05, 3.63) is 83.9 Å². The molecular formula is C21H18NO+. The summed E-state index contributed by atoms with van der Waals surface area (Å²) in [6, 6.07) is 25.3. The maximum absolute atomic E-state index is 5.93. The van der Waals surface area contributed by atoms with Crippen LogP contribution in [-0.4, -0.2) is 17.5 Å². The number of hydrogen-bond donors (Lipinski definition) is 0. The van der Waals surface area contributed by atoms with E-state index in [9.17, 15) is 0 Å². The molecule has 3 aromatic rings. The Balaban J connectivity index is 1.67. The van der Waals surface area contributed by atoms with Crippen LogP contribution in [0.5, 0.6) is 5.75 Å². The fraction of sp³-hybridized carbons (Fsp3) is 0.0952. The zero-order valence-electron chi connectivity index (χ0n) is 13.1. The summed E-state index contributed by atoms with van der Waals surface area (Å²) in [5.41, 5.74) is 5.90. The number of para-hydroxylation sites is 1. The van der Waals surface area contributed by atoms with E-state index >= 15 is 0 Å². The average molecular weight is 300 g/mol. The predicted octanol–water partition coefficient (Wildman–Crippen LogP) is 4.78. The molecule has 1 aliphatic rings. The van der Waals surface area contributed by atoms with E-state index < -0.39 is 0 Å². The minimum Gasteiger partial charge on any atom is -0.435 e. The lowest BCUT2D eigenvalue weighted by molar-refractivity contribution is -0.476. The smallest absolute Gasteiger partial charge is 0.292 e. The van der Waals surface area contributed by atoms with Gasteiger partial charge in [-0.15, -0.1) is 0 Å². The molecule has 0 aromatic heterocycles. The summed E-state index contributed by atoms with van der Waals surface area (Å²) in [4.78, 5) is 0. The number of ether oxygens (including phenoxy) is 1. The van der Waals surface area contributed by atoms with Crippen LogP contribution in [0.3, 0.4) is 0 Å². The summed E-state index contributed by atoms with van der Waals surface area (Å²) in [6.07, 6.45) is 2.16. The van der Waals surface area contributed by atoms with Gasteiger partial charge in [-0.1, -0.05) is 42.5 Å². The molecule has 0 spiro atoms. The highest BCUT2D eigenvalue weighted by molar-refractivity contribution is 5.82. The molecule has 2 heteroatoms. The lowest BCUT2D eigenvalue weighted by Gasteiger charge is -2.15. The van der Waals surface area contributed by atoms with Crippen LogP contribution in [0.2, 0.25) is 0 Å². The van der Waals surface area contributed by atoms with Gasteiger partial charge in [0.2, 0.25) is 5.69 Å². The average Bonchev–Trinajstić information content (AvgIpc) is 2.63. The highest BCUT2D eigenvalue weighted by Crippen LogP contribution is 2.27. The van der Waals surface area contributed by atoms with Crippen molar-refractivity contribution < 1.29 is 9.31 Å². The molecule has 3 aromatic carbocycles. The van der Waals surface area contributed by atoms with E-state index in [2.05, 4.69) is 84.4 Å². The third-order valence-corrected chi connectivity index (χ3v) is 4.19. The lowest BCUT2D eigenvalue weighted by Crippen LogP contribution is -2.21. The predicted molar refractivity (Wildman–Crippen MR) is 93.6 cm³/mol. The Hall–Kier alpha value is -2.87. The quantitative estimate of drug-likeness (QED) is 0.621. The van der Waals surface area contributed by atoms with Crippen molar-refractivity contribution in [1.82, 2.24) is 0 Å². The minimum atomic E-state index is 0.544. The maximum Gasteiger partial charge on any atom is 0.292 e. The van der Waals surface area contributed by atoms with Crippen molar-refractivity contribution in [2.45, 2.75) is 6.92 Å². The van der Waals surface area contributed by atoms with Crippen LogP contribution >= 0.6 is 0 Å². The van der Waals surface area contributed by atoms with Gasteiger partial charge >= 0.3 is 0 Å². The Bertz CT molecular complexity index is 864. The molecule has 0 bridgehead atoms. The van der Waals surface area contributed by atoms with E-state index in [0.29, 0.717) is 6.73 Å². The second kappa shape index (κ2) is 5.73. The number of hydrogen-bond acceptors (Lipinski definition) is 1. The third-order valence-electron chi connectivity index (χ3n) is 4.19. The summed E-state index contributed by atoms with van der Waals surface area (Å²) in [5.74, 6) is 0.990. The van der Waals surface area contributed by atoms with Crippen LogP contribution in [0.25, 0.3) is 11.1 Å². The zero-order chi connectivity index (χ0) is 15.6. The molecule has 2 nitrogen and oxygen atoms in total. The minimum absolute atomic E-state index is 0.544. The third kappa shape index (κ3) is 2.64. The van der Waals surface area contributed by atoms with Crippen molar-refractivity contribution in [3.8, 4) is 16.9 Å². The molecule has 0 radical (unpaired) electrons. The monoisotopic (exact) mass is 300 g/mol. The van der Waals surface area contributed by atoms with Crippen LogP contribution in [0.15, 0.2) is 72.8 Å². The fourth-order valence-corrected chi connectivity index (χ4v) is 2.94. The highest BCUT2D eigenvalue weighted by atomic mass is 16.5. The van der Waals surface area contributed by atoms with Gasteiger partial charge in [0.05, 0.1) is 5.56 Å². The van der Waals surface area contributed by atoms with E-state index in [1.165, 1.54) is 16.7 Å². The van der Waals surface area contributed by atoms with Gasteiger partial charge in [0, 0.05) is 12.1 Å². The number of rotatable bonds is 2. The van der Waals surface area contributed by atoms with Gasteiger partial charge in [0.1, 0.15) is 5.75 Å². The Labute approximate surface area is 136 Å². The Kier molecular flexibility index (Phi) is 3.43. The molecule has 0 saturated carbocycles. The van der Waals surface area contributed by atoms with Crippen LogP contribution < -0.4 is 4.74 Å². The highest BCUT2D eigenvalue weighted by Gasteiger charge is 2.19. The summed E-state index contributed by atoms with van der Waals surface area (Å²) in [7, 11) is 0. The molecule has 0 amide bonds. The molecule has 0 unspecified atom stereocenters. The zero-order valence-corrected chi connectivity index (χ0v) is 13.1. The second-order valence-corrected chi connectivity index (χ2v) is 5.78. The summed E-state index contributed by atoms with van der Waals surface area (Å²) >= 11 is 0. The molecule has 0 fully saturated rings. The standard InChI is InChI=1S/C21H18NO/c1-16-6-5-9-19-14-22(15-23-21(16)19)20-12-10-18(11-13-20)17-7-3-2-4-8-17/h2-14H,15H2,1H3/q+1. The van der Waals surface area contributed by atoms with Gasteiger partial charge in [0.25, 0.3) is 6.73 Å². The molecule has 0 atom stereocenters. The first-order chi connectivity index (χ1) is 11.3. The van der Waals surface area contributed by atoms with Gasteiger partial charge in [-0.05, 0) is 41.8 Å². The molecule has 0 aliphatic carbocycles. The van der Waals surface area contributed by atoms with Crippen molar-refractivity contribution in [3.63, 3.8) is 0 Å². The van der Waals surface area contributed by atoms with Crippen LogP contribution in [0.4, 0.5) is 5.69 Å². The molecule has 0 saturated heterocycles. The molecular weight excluding hydrogens is 282 g/mol. The molecule has 1 aliphatic heterocycles. The Morgan fingerprint density at radius 2 is 1.52 bits per heavy atom. The summed E-state index contributed by atoms with van der Waals surface area (Å²) in [5, 5.41) is 0. The number of benzene rings is 3. The molecule has 112 valence electrons. The van der Waals surface area contributed by atoms with Crippen molar-refractivity contribution in [2.75, 3.05) is 6.73 Å². The SMILES string of the molecule is Cc1cccc2c1OC[N+](c1ccc(-c3ccccc3)cc1)=C2. The molecule has 1 heterocycles. The number of nitrogens with zero attached hydrogens (tertiary/aromatic N) is 1. The van der Waals surface area contributed by atoms with E-state index in [-0.39, 0.29) is 0 Å². The van der Waals surface area contributed by atoms with Gasteiger partial charge in [-0.3, -0.25) is 0 Å². The molecule has 0 N–H and O–H groups in total. The van der Waals surface area contributed by atoms with E-state index in [1.807, 2.05) is 6.07 Å². The van der Waals surface area contributed by atoms with Gasteiger partial charge in [0.15, 0.2) is 6.21 Å². The maximum atomic E-state index is 5.93. The first kappa shape index (κ1) is 13.8. The summed E-state index contributed by atoms with van der Waals surface area (Å²) < 4.78 is 8.07. The van der Waals surface area contributed by atoms with Crippen LogP contribution in [-0.2, 0) is 0 Å². The van der Waals surface area contributed by atoms with E-state index in [4.69, 9.17) is 4.74 Å². The largest absolute Gasteiger partial charge is 0.435 e.